The standard InChI is InChI=1S/C30H27F2N3O5S2/c1-18(2)41(36,37)34-22-10-12-27(40-28-11-9-21(31)16-26(28)32)25(17-22)24-15-20(4)33-30-23(24)13-14-35(30)42(38,39)29-8-6-5-7-19(29)3/h5-18,34H,1-4H3. The molecule has 12 heteroatoms. The number of hydrogen-bond acceptors (Lipinski definition) is 6. The molecular formula is C30H27F2N3O5S2. The number of benzene rings is 3. The van der Waals surface area contributed by atoms with E-state index in [4.69, 9.17) is 4.74 Å². The smallest absolute Gasteiger partial charge is 0.269 e. The van der Waals surface area contributed by atoms with E-state index in [2.05, 4.69) is 9.71 Å². The summed E-state index contributed by atoms with van der Waals surface area (Å²) in [6.07, 6.45) is 1.40. The maximum atomic E-state index is 14.6. The number of halogens is 2. The molecule has 2 aromatic heterocycles. The quantitative estimate of drug-likeness (QED) is 0.207. The van der Waals surface area contributed by atoms with Gasteiger partial charge < -0.3 is 4.74 Å². The van der Waals surface area contributed by atoms with Gasteiger partial charge >= 0.3 is 0 Å². The van der Waals surface area contributed by atoms with Crippen LogP contribution in [0.2, 0.25) is 0 Å². The number of nitrogens with zero attached hydrogens (tertiary/aromatic N) is 2. The molecule has 0 saturated carbocycles. The minimum atomic E-state index is -4.03. The van der Waals surface area contributed by atoms with Gasteiger partial charge in [0.25, 0.3) is 10.0 Å². The fourth-order valence-electron chi connectivity index (χ4n) is 4.43. The summed E-state index contributed by atoms with van der Waals surface area (Å²) in [5, 5.41) is -0.299. The molecule has 0 spiro atoms. The highest BCUT2D eigenvalue weighted by molar-refractivity contribution is 7.93. The van der Waals surface area contributed by atoms with E-state index in [0.717, 1.165) is 16.1 Å². The first kappa shape index (κ1) is 29.2. The number of aromatic nitrogens is 2. The molecule has 8 nitrogen and oxygen atoms in total. The van der Waals surface area contributed by atoms with Crippen molar-refractivity contribution in [2.45, 2.75) is 37.8 Å². The van der Waals surface area contributed by atoms with Crippen LogP contribution in [0, 0.1) is 25.5 Å². The van der Waals surface area contributed by atoms with Crippen molar-refractivity contribution in [2.75, 3.05) is 4.72 Å². The first-order chi connectivity index (χ1) is 19.8. The third-order valence-corrected chi connectivity index (χ3v) is 10.2. The third-order valence-electron chi connectivity index (χ3n) is 6.65. The zero-order valence-electron chi connectivity index (χ0n) is 23.1. The van der Waals surface area contributed by atoms with E-state index in [-0.39, 0.29) is 27.7 Å². The molecule has 3 aromatic carbocycles. The van der Waals surface area contributed by atoms with Crippen LogP contribution in [0.15, 0.2) is 83.9 Å². The first-order valence-electron chi connectivity index (χ1n) is 12.9. The van der Waals surface area contributed by atoms with E-state index in [1.807, 2.05) is 0 Å². The van der Waals surface area contributed by atoms with Crippen molar-refractivity contribution in [3.8, 4) is 22.6 Å². The molecular weight excluding hydrogens is 584 g/mol. The van der Waals surface area contributed by atoms with Crippen LogP contribution in [0.5, 0.6) is 11.5 Å². The minimum Gasteiger partial charge on any atom is -0.454 e. The summed E-state index contributed by atoms with van der Waals surface area (Å²) in [6.45, 7) is 6.45. The van der Waals surface area contributed by atoms with Gasteiger partial charge in [-0.3, -0.25) is 4.72 Å². The van der Waals surface area contributed by atoms with Crippen molar-refractivity contribution >= 4 is 36.8 Å². The van der Waals surface area contributed by atoms with Crippen molar-refractivity contribution in [1.82, 2.24) is 8.96 Å². The molecule has 0 aliphatic rings. The summed E-state index contributed by atoms with van der Waals surface area (Å²) in [6, 6.07) is 17.2. The van der Waals surface area contributed by atoms with Gasteiger partial charge in [-0.1, -0.05) is 18.2 Å². The van der Waals surface area contributed by atoms with Crippen molar-refractivity contribution in [3.05, 3.63) is 102 Å². The fourth-order valence-corrected chi connectivity index (χ4v) is 6.65. The van der Waals surface area contributed by atoms with E-state index < -0.39 is 36.9 Å². The summed E-state index contributed by atoms with van der Waals surface area (Å²) < 4.78 is 90.3. The second-order valence-corrected chi connectivity index (χ2v) is 14.0. The number of fused-ring (bicyclic) bond motifs is 1. The zero-order chi connectivity index (χ0) is 30.4. The number of pyridine rings is 1. The van der Waals surface area contributed by atoms with E-state index in [9.17, 15) is 25.6 Å². The molecule has 218 valence electrons. The summed E-state index contributed by atoms with van der Waals surface area (Å²) in [5.74, 6) is -1.84. The SMILES string of the molecule is Cc1cc(-c2cc(NS(=O)(=O)C(C)C)ccc2Oc2ccc(F)cc2F)c2ccn(S(=O)(=O)c3ccccc3C)c2n1. The van der Waals surface area contributed by atoms with Crippen molar-refractivity contribution in [1.29, 1.82) is 0 Å². The van der Waals surface area contributed by atoms with Crippen molar-refractivity contribution in [3.63, 3.8) is 0 Å². The summed E-state index contributed by atoms with van der Waals surface area (Å²) in [4.78, 5) is 4.63. The minimum absolute atomic E-state index is 0.119. The van der Waals surface area contributed by atoms with Gasteiger partial charge in [0, 0.05) is 34.6 Å². The van der Waals surface area contributed by atoms with Gasteiger partial charge in [0.15, 0.2) is 17.2 Å². The summed E-state index contributed by atoms with van der Waals surface area (Å²) in [5.41, 5.74) is 2.16. The molecule has 42 heavy (non-hydrogen) atoms. The monoisotopic (exact) mass is 611 g/mol. The van der Waals surface area contributed by atoms with Crippen LogP contribution in [0.4, 0.5) is 14.5 Å². The van der Waals surface area contributed by atoms with E-state index in [1.54, 1.807) is 44.2 Å². The lowest BCUT2D eigenvalue weighted by Gasteiger charge is -2.17. The Balaban J connectivity index is 1.73. The van der Waals surface area contributed by atoms with E-state index >= 15 is 0 Å². The number of anilines is 1. The predicted molar refractivity (Wildman–Crippen MR) is 158 cm³/mol. The number of ether oxygens (including phenoxy) is 1. The molecule has 2 heterocycles. The molecule has 0 atom stereocenters. The van der Waals surface area contributed by atoms with Gasteiger partial charge in [0.2, 0.25) is 10.0 Å². The van der Waals surface area contributed by atoms with Crippen LogP contribution in [0.3, 0.4) is 0 Å². The number of hydrogen-bond donors (Lipinski definition) is 1. The molecule has 0 aliphatic heterocycles. The highest BCUT2D eigenvalue weighted by Crippen LogP contribution is 2.40. The Morgan fingerprint density at radius 3 is 2.26 bits per heavy atom. The highest BCUT2D eigenvalue weighted by atomic mass is 32.2. The molecule has 5 rings (SSSR count). The zero-order valence-corrected chi connectivity index (χ0v) is 24.7. The van der Waals surface area contributed by atoms with Gasteiger partial charge in [-0.05, 0) is 87.4 Å². The average molecular weight is 612 g/mol. The molecule has 0 unspecified atom stereocenters. The Labute approximate surface area is 242 Å². The Bertz CT molecular complexity index is 2060. The van der Waals surface area contributed by atoms with Crippen LogP contribution in [0.25, 0.3) is 22.2 Å². The normalized spacial score (nSPS) is 12.2. The topological polar surface area (TPSA) is 107 Å². The average Bonchev–Trinajstić information content (AvgIpc) is 3.35. The van der Waals surface area contributed by atoms with Crippen molar-refractivity contribution < 1.29 is 30.4 Å². The Morgan fingerprint density at radius 2 is 1.57 bits per heavy atom. The van der Waals surface area contributed by atoms with Gasteiger partial charge in [-0.25, -0.2) is 34.6 Å². The lowest BCUT2D eigenvalue weighted by Crippen LogP contribution is -2.22. The molecule has 0 amide bonds. The van der Waals surface area contributed by atoms with Crippen LogP contribution < -0.4 is 9.46 Å². The Kier molecular flexibility index (Phi) is 7.54. The van der Waals surface area contributed by atoms with Gasteiger partial charge in [-0.15, -0.1) is 0 Å². The van der Waals surface area contributed by atoms with Crippen LogP contribution in [0.1, 0.15) is 25.1 Å². The highest BCUT2D eigenvalue weighted by Gasteiger charge is 2.25. The fraction of sp³-hybridized carbons (Fsp3) is 0.167. The predicted octanol–water partition coefficient (Wildman–Crippen LogP) is 6.78. The lowest BCUT2D eigenvalue weighted by atomic mass is 10.0. The molecule has 1 N–H and O–H groups in total. The van der Waals surface area contributed by atoms with E-state index in [0.29, 0.717) is 33.8 Å². The molecule has 0 saturated heterocycles. The summed E-state index contributed by atoms with van der Waals surface area (Å²) >= 11 is 0. The third kappa shape index (κ3) is 5.47. The molecule has 0 bridgehead atoms. The number of aryl methyl sites for hydroxylation is 2. The number of sulfonamides is 1. The molecule has 0 fully saturated rings. The van der Waals surface area contributed by atoms with Crippen molar-refractivity contribution in [2.24, 2.45) is 0 Å². The second-order valence-electron chi connectivity index (χ2n) is 10.0. The molecule has 0 radical (unpaired) electrons. The van der Waals surface area contributed by atoms with Gasteiger partial charge in [0.05, 0.1) is 10.1 Å². The maximum Gasteiger partial charge on any atom is 0.269 e. The van der Waals surface area contributed by atoms with Crippen LogP contribution in [-0.4, -0.2) is 31.0 Å². The Morgan fingerprint density at radius 1 is 0.857 bits per heavy atom. The Hall–Kier alpha value is -4.29. The van der Waals surface area contributed by atoms with Gasteiger partial charge in [-0.2, -0.15) is 0 Å². The van der Waals surface area contributed by atoms with E-state index in [1.165, 1.54) is 44.3 Å². The molecule has 5 aromatic rings. The van der Waals surface area contributed by atoms with Gasteiger partial charge in [0.1, 0.15) is 11.6 Å². The van der Waals surface area contributed by atoms with Crippen LogP contribution >= 0.6 is 0 Å². The largest absolute Gasteiger partial charge is 0.454 e. The summed E-state index contributed by atoms with van der Waals surface area (Å²) in [7, 11) is -7.75. The maximum absolute atomic E-state index is 14.6. The molecule has 0 aliphatic carbocycles. The second kappa shape index (κ2) is 10.8. The number of rotatable bonds is 8. The number of nitrogens with one attached hydrogen (secondary N) is 1. The first-order valence-corrected chi connectivity index (χ1v) is 15.9. The van der Waals surface area contributed by atoms with Crippen LogP contribution in [-0.2, 0) is 20.0 Å². The lowest BCUT2D eigenvalue weighted by molar-refractivity contribution is 0.439.